The highest BCUT2D eigenvalue weighted by Crippen LogP contribution is 2.44. The summed E-state index contributed by atoms with van der Waals surface area (Å²) >= 11 is 0. The number of ether oxygens (including phenoxy) is 5. The number of hydrogen-bond acceptors (Lipinski definition) is 10. The van der Waals surface area contributed by atoms with Crippen LogP contribution in [0.5, 0.6) is 0 Å². The number of benzene rings is 1. The maximum absolute atomic E-state index is 12.4. The maximum atomic E-state index is 12.4. The first kappa shape index (κ1) is 24.3. The van der Waals surface area contributed by atoms with Gasteiger partial charge in [-0.25, -0.2) is 9.59 Å². The van der Waals surface area contributed by atoms with Crippen LogP contribution in [0.4, 0.5) is 0 Å². The predicted molar refractivity (Wildman–Crippen MR) is 112 cm³/mol. The molecular weight excluding hydrogens is 452 g/mol. The first-order valence-electron chi connectivity index (χ1n) is 10.7. The van der Waals surface area contributed by atoms with Gasteiger partial charge in [0.15, 0.2) is 12.6 Å². The highest BCUT2D eigenvalue weighted by atomic mass is 16.8. The number of rotatable bonds is 7. The highest BCUT2D eigenvalue weighted by Gasteiger charge is 2.50. The van der Waals surface area contributed by atoms with Gasteiger partial charge in [0.25, 0.3) is 0 Å². The van der Waals surface area contributed by atoms with E-state index in [-0.39, 0.29) is 12.2 Å². The summed E-state index contributed by atoms with van der Waals surface area (Å²) in [6, 6.07) is 8.41. The van der Waals surface area contributed by atoms with Crippen molar-refractivity contribution in [3.8, 4) is 0 Å². The molecule has 34 heavy (non-hydrogen) atoms. The van der Waals surface area contributed by atoms with Gasteiger partial charge in [-0.2, -0.15) is 0 Å². The second kappa shape index (κ2) is 10.2. The van der Waals surface area contributed by atoms with Crippen molar-refractivity contribution in [3.05, 3.63) is 59.4 Å². The fourth-order valence-corrected chi connectivity index (χ4v) is 4.36. The summed E-state index contributed by atoms with van der Waals surface area (Å²) in [5, 5.41) is 40.0. The van der Waals surface area contributed by atoms with Crippen LogP contribution in [0.3, 0.4) is 0 Å². The van der Waals surface area contributed by atoms with Crippen LogP contribution in [0, 0.1) is 11.8 Å². The Labute approximate surface area is 194 Å². The summed E-state index contributed by atoms with van der Waals surface area (Å²) in [7, 11) is 1.25. The van der Waals surface area contributed by atoms with E-state index in [4.69, 9.17) is 23.7 Å². The van der Waals surface area contributed by atoms with E-state index in [9.17, 15) is 30.0 Å². The first-order chi connectivity index (χ1) is 16.3. The van der Waals surface area contributed by atoms with E-state index in [0.29, 0.717) is 17.6 Å². The zero-order valence-electron chi connectivity index (χ0n) is 18.2. The Bertz CT molecular complexity index is 957. The highest BCUT2D eigenvalue weighted by molar-refractivity contribution is 5.89. The zero-order chi connectivity index (χ0) is 24.4. The van der Waals surface area contributed by atoms with Crippen molar-refractivity contribution < 1.29 is 53.7 Å². The number of aliphatic carboxylic acids is 1. The van der Waals surface area contributed by atoms with Crippen molar-refractivity contribution in [2.75, 3.05) is 13.7 Å². The number of esters is 1. The smallest absolute Gasteiger partial charge is 0.338 e. The Morgan fingerprint density at radius 2 is 1.74 bits per heavy atom. The van der Waals surface area contributed by atoms with Gasteiger partial charge >= 0.3 is 11.9 Å². The molecule has 2 aliphatic heterocycles. The number of methoxy groups -OCH3 is 1. The normalized spacial score (nSPS) is 34.9. The molecule has 4 rings (SSSR count). The Hall–Kier alpha value is -2.80. The zero-order valence-corrected chi connectivity index (χ0v) is 18.2. The SMILES string of the molecule is COC1OC(OC2OC=C(C(=O)O)C3CC=C(COC(=O)c4ccccc4)C23)C(O)C(O)C1O. The molecule has 8 unspecified atom stereocenters. The van der Waals surface area contributed by atoms with Crippen LogP contribution < -0.4 is 0 Å². The standard InChI is InChI=1S/C23H26O11/c1-30-22-17(25)16(24)18(26)23(34-22)33-21-15-12(7-8-13(15)14(10-32-21)19(27)28)9-31-20(29)11-5-3-2-4-6-11/h2-7,10,13,15-18,21-26H,8-9H2,1H3,(H,27,28). The van der Waals surface area contributed by atoms with Crippen LogP contribution >= 0.6 is 0 Å². The van der Waals surface area contributed by atoms with Gasteiger partial charge < -0.3 is 44.1 Å². The molecular formula is C23H26O11. The third-order valence-electron chi connectivity index (χ3n) is 6.17. The average molecular weight is 478 g/mol. The van der Waals surface area contributed by atoms with Gasteiger partial charge in [-0.3, -0.25) is 0 Å². The van der Waals surface area contributed by atoms with Crippen molar-refractivity contribution in [1.82, 2.24) is 0 Å². The number of carboxylic acid groups (broad SMARTS) is 1. The summed E-state index contributed by atoms with van der Waals surface area (Å²) in [4.78, 5) is 24.1. The lowest BCUT2D eigenvalue weighted by Gasteiger charge is -2.42. The molecule has 0 spiro atoms. The number of aliphatic hydroxyl groups is 3. The molecule has 4 N–H and O–H groups in total. The van der Waals surface area contributed by atoms with Crippen LogP contribution in [-0.4, -0.2) is 83.3 Å². The van der Waals surface area contributed by atoms with E-state index in [0.717, 1.165) is 6.26 Å². The minimum atomic E-state index is -1.63. The van der Waals surface area contributed by atoms with Crippen LogP contribution in [0.25, 0.3) is 0 Å². The minimum absolute atomic E-state index is 0.0285. The Morgan fingerprint density at radius 3 is 2.41 bits per heavy atom. The predicted octanol–water partition coefficient (Wildman–Crippen LogP) is 0.159. The van der Waals surface area contributed by atoms with E-state index < -0.39 is 61.0 Å². The van der Waals surface area contributed by atoms with Gasteiger partial charge in [0.2, 0.25) is 6.29 Å². The van der Waals surface area contributed by atoms with Crippen LogP contribution in [0.1, 0.15) is 16.8 Å². The van der Waals surface area contributed by atoms with Crippen LogP contribution in [0.2, 0.25) is 0 Å². The van der Waals surface area contributed by atoms with Gasteiger partial charge in [0, 0.05) is 13.0 Å². The van der Waals surface area contributed by atoms with Crippen molar-refractivity contribution in [2.24, 2.45) is 11.8 Å². The summed E-state index contributed by atoms with van der Waals surface area (Å²) in [5.41, 5.74) is 0.981. The molecule has 0 amide bonds. The summed E-state index contributed by atoms with van der Waals surface area (Å²) in [5.74, 6) is -2.90. The molecule has 3 aliphatic rings. The third kappa shape index (κ3) is 4.71. The molecule has 8 atom stereocenters. The molecule has 1 aliphatic carbocycles. The van der Waals surface area contributed by atoms with E-state index in [1.165, 1.54) is 7.11 Å². The van der Waals surface area contributed by atoms with Gasteiger partial charge in [-0.05, 0) is 24.1 Å². The lowest BCUT2D eigenvalue weighted by Crippen LogP contribution is -2.59. The van der Waals surface area contributed by atoms with Gasteiger partial charge in [0.05, 0.1) is 23.3 Å². The lowest BCUT2D eigenvalue weighted by molar-refractivity contribution is -0.372. The second-order valence-electron chi connectivity index (χ2n) is 8.19. The Balaban J connectivity index is 1.51. The number of carboxylic acids is 1. The minimum Gasteiger partial charge on any atom is -0.478 e. The average Bonchev–Trinajstić information content (AvgIpc) is 3.27. The largest absolute Gasteiger partial charge is 0.478 e. The number of aliphatic hydroxyl groups excluding tert-OH is 3. The molecule has 0 bridgehead atoms. The fraction of sp³-hybridized carbons (Fsp3) is 0.478. The number of allylic oxidation sites excluding steroid dienone is 1. The molecule has 11 nitrogen and oxygen atoms in total. The van der Waals surface area contributed by atoms with Crippen molar-refractivity contribution in [3.63, 3.8) is 0 Å². The summed E-state index contributed by atoms with van der Waals surface area (Å²) < 4.78 is 27.2. The Kier molecular flexibility index (Phi) is 7.31. The number of carbonyl (C=O) groups is 2. The first-order valence-corrected chi connectivity index (χ1v) is 10.7. The van der Waals surface area contributed by atoms with Gasteiger partial charge in [-0.1, -0.05) is 24.3 Å². The quantitative estimate of drug-likeness (QED) is 0.312. The van der Waals surface area contributed by atoms with Gasteiger partial charge in [0.1, 0.15) is 24.9 Å². The molecule has 184 valence electrons. The van der Waals surface area contributed by atoms with Crippen molar-refractivity contribution in [1.29, 1.82) is 0 Å². The molecule has 2 heterocycles. The van der Waals surface area contributed by atoms with E-state index in [2.05, 4.69) is 0 Å². The molecule has 1 aromatic carbocycles. The third-order valence-corrected chi connectivity index (χ3v) is 6.17. The molecule has 1 fully saturated rings. The fourth-order valence-electron chi connectivity index (χ4n) is 4.36. The number of fused-ring (bicyclic) bond motifs is 1. The maximum Gasteiger partial charge on any atom is 0.338 e. The molecule has 0 radical (unpaired) electrons. The second-order valence-corrected chi connectivity index (χ2v) is 8.19. The Morgan fingerprint density at radius 1 is 1.03 bits per heavy atom. The molecule has 1 saturated heterocycles. The molecule has 0 aromatic heterocycles. The summed E-state index contributed by atoms with van der Waals surface area (Å²) in [6.45, 7) is -0.124. The number of hydrogen-bond donors (Lipinski definition) is 4. The van der Waals surface area contributed by atoms with E-state index >= 15 is 0 Å². The monoisotopic (exact) mass is 478 g/mol. The molecule has 0 saturated carbocycles. The van der Waals surface area contributed by atoms with Crippen molar-refractivity contribution in [2.45, 2.75) is 43.6 Å². The van der Waals surface area contributed by atoms with Crippen LogP contribution in [-0.2, 0) is 28.5 Å². The van der Waals surface area contributed by atoms with E-state index in [1.54, 1.807) is 36.4 Å². The molecule has 1 aromatic rings. The van der Waals surface area contributed by atoms with Crippen molar-refractivity contribution >= 4 is 11.9 Å². The summed E-state index contributed by atoms with van der Waals surface area (Å²) in [6.07, 6.45) is -5.38. The lowest BCUT2D eigenvalue weighted by atomic mass is 9.83. The van der Waals surface area contributed by atoms with Gasteiger partial charge in [-0.15, -0.1) is 0 Å². The molecule has 11 heteroatoms. The number of carbonyl (C=O) groups excluding carboxylic acids is 1. The van der Waals surface area contributed by atoms with E-state index in [1.807, 2.05) is 0 Å². The topological polar surface area (TPSA) is 161 Å². The van der Waals surface area contributed by atoms with Crippen LogP contribution in [0.15, 0.2) is 53.8 Å².